The summed E-state index contributed by atoms with van der Waals surface area (Å²) in [6.45, 7) is 2.89. The molecule has 0 saturated carbocycles. The minimum atomic E-state index is -4.65. The van der Waals surface area contributed by atoms with Crippen LogP contribution in [-0.2, 0) is 14.6 Å². The van der Waals surface area contributed by atoms with Crippen molar-refractivity contribution in [1.82, 2.24) is 4.90 Å². The van der Waals surface area contributed by atoms with Gasteiger partial charge >= 0.3 is 6.18 Å². The van der Waals surface area contributed by atoms with Crippen LogP contribution >= 0.6 is 0 Å². The molecule has 3 unspecified atom stereocenters. The highest BCUT2D eigenvalue weighted by molar-refractivity contribution is 7.91. The number of hydrogen-bond acceptors (Lipinski definition) is 3. The summed E-state index contributed by atoms with van der Waals surface area (Å²) in [5.74, 6) is -5.38. The summed E-state index contributed by atoms with van der Waals surface area (Å²) in [5, 5.41) is 0. The number of likely N-dealkylation sites (tertiary alicyclic amines) is 1. The molecule has 3 atom stereocenters. The lowest BCUT2D eigenvalue weighted by Gasteiger charge is -2.27. The minimum absolute atomic E-state index is 0.418. The van der Waals surface area contributed by atoms with E-state index in [1.54, 1.807) is 0 Å². The van der Waals surface area contributed by atoms with Gasteiger partial charge < -0.3 is 4.90 Å². The molecule has 2 heterocycles. The molecule has 2 saturated heterocycles. The average Bonchev–Trinajstić information content (AvgIpc) is 2.53. The highest BCUT2D eigenvalue weighted by Crippen LogP contribution is 2.39. The first-order chi connectivity index (χ1) is 9.60. The molecule has 0 aromatic heterocycles. The van der Waals surface area contributed by atoms with Crippen LogP contribution in [0.5, 0.6) is 0 Å². The third-order valence-electron chi connectivity index (χ3n) is 4.42. The third-order valence-corrected chi connectivity index (χ3v) is 6.15. The molecule has 2 aliphatic rings. The Morgan fingerprint density at radius 3 is 2.43 bits per heavy atom. The van der Waals surface area contributed by atoms with E-state index in [1.807, 2.05) is 6.92 Å². The van der Waals surface area contributed by atoms with Crippen molar-refractivity contribution in [3.05, 3.63) is 0 Å². The van der Waals surface area contributed by atoms with Gasteiger partial charge in [-0.2, -0.15) is 13.2 Å². The Balaban J connectivity index is 2.16. The standard InChI is InChI=1S/C13H20F3NO3S/c1-9-3-2-5-17(6-4-9)12(18)10-7-21(19,20)8-11(10)13(14,15)16/h9-11H,2-8H2,1H3. The lowest BCUT2D eigenvalue weighted by Crippen LogP contribution is -2.43. The fourth-order valence-corrected chi connectivity index (χ4v) is 5.16. The van der Waals surface area contributed by atoms with Crippen LogP contribution in [0.15, 0.2) is 0 Å². The van der Waals surface area contributed by atoms with Gasteiger partial charge in [-0.05, 0) is 25.2 Å². The lowest BCUT2D eigenvalue weighted by atomic mass is 9.94. The zero-order chi connectivity index (χ0) is 15.8. The van der Waals surface area contributed by atoms with Crippen LogP contribution in [0.1, 0.15) is 26.2 Å². The van der Waals surface area contributed by atoms with Crippen molar-refractivity contribution in [1.29, 1.82) is 0 Å². The van der Waals surface area contributed by atoms with Gasteiger partial charge in [0.1, 0.15) is 0 Å². The normalized spacial score (nSPS) is 33.7. The number of sulfone groups is 1. The van der Waals surface area contributed by atoms with Crippen LogP contribution in [0.25, 0.3) is 0 Å². The molecular weight excluding hydrogens is 307 g/mol. The van der Waals surface area contributed by atoms with Crippen molar-refractivity contribution in [2.75, 3.05) is 24.6 Å². The predicted octanol–water partition coefficient (Wildman–Crippen LogP) is 1.86. The van der Waals surface area contributed by atoms with E-state index < -0.39 is 45.3 Å². The maximum Gasteiger partial charge on any atom is 0.393 e. The quantitative estimate of drug-likeness (QED) is 0.739. The summed E-state index contributed by atoms with van der Waals surface area (Å²) >= 11 is 0. The molecule has 122 valence electrons. The Morgan fingerprint density at radius 1 is 1.14 bits per heavy atom. The monoisotopic (exact) mass is 327 g/mol. The van der Waals surface area contributed by atoms with Crippen molar-refractivity contribution >= 4 is 15.7 Å². The molecule has 8 heteroatoms. The fraction of sp³-hybridized carbons (Fsp3) is 0.923. The molecule has 2 aliphatic heterocycles. The van der Waals surface area contributed by atoms with Gasteiger partial charge in [-0.25, -0.2) is 8.42 Å². The second-order valence-electron chi connectivity index (χ2n) is 6.19. The zero-order valence-electron chi connectivity index (χ0n) is 11.9. The van der Waals surface area contributed by atoms with Crippen molar-refractivity contribution in [3.8, 4) is 0 Å². The van der Waals surface area contributed by atoms with E-state index in [9.17, 15) is 26.4 Å². The topological polar surface area (TPSA) is 54.5 Å². The third kappa shape index (κ3) is 3.90. The predicted molar refractivity (Wildman–Crippen MR) is 71.3 cm³/mol. The van der Waals surface area contributed by atoms with Gasteiger partial charge in [0.05, 0.1) is 23.3 Å². The van der Waals surface area contributed by atoms with E-state index in [-0.39, 0.29) is 0 Å². The molecule has 0 bridgehead atoms. The summed E-state index contributed by atoms with van der Waals surface area (Å²) in [5.41, 5.74) is 0. The van der Waals surface area contributed by atoms with Crippen molar-refractivity contribution in [2.45, 2.75) is 32.4 Å². The Kier molecular flexibility index (Phi) is 4.56. The fourth-order valence-electron chi connectivity index (χ4n) is 3.13. The van der Waals surface area contributed by atoms with Crippen LogP contribution in [-0.4, -0.2) is 50.0 Å². The largest absolute Gasteiger partial charge is 0.393 e. The number of carbonyl (C=O) groups excluding carboxylic acids is 1. The van der Waals surface area contributed by atoms with E-state index in [0.29, 0.717) is 19.0 Å². The van der Waals surface area contributed by atoms with Crippen LogP contribution in [0.2, 0.25) is 0 Å². The smallest absolute Gasteiger partial charge is 0.342 e. The number of halogens is 3. The number of amides is 1. The number of carbonyl (C=O) groups is 1. The molecule has 0 radical (unpaired) electrons. The van der Waals surface area contributed by atoms with E-state index in [2.05, 4.69) is 0 Å². The molecule has 1 amide bonds. The molecule has 0 spiro atoms. The maximum absolute atomic E-state index is 13.0. The molecule has 2 rings (SSSR count). The number of rotatable bonds is 1. The molecule has 0 N–H and O–H groups in total. The number of nitrogens with zero attached hydrogens (tertiary/aromatic N) is 1. The van der Waals surface area contributed by atoms with E-state index >= 15 is 0 Å². The molecular formula is C13H20F3NO3S. The van der Waals surface area contributed by atoms with Crippen molar-refractivity contribution in [3.63, 3.8) is 0 Å². The summed E-state index contributed by atoms with van der Waals surface area (Å²) < 4.78 is 62.0. The van der Waals surface area contributed by atoms with E-state index in [4.69, 9.17) is 0 Å². The van der Waals surface area contributed by atoms with Gasteiger partial charge in [0.25, 0.3) is 0 Å². The minimum Gasteiger partial charge on any atom is -0.342 e. The average molecular weight is 327 g/mol. The highest BCUT2D eigenvalue weighted by Gasteiger charge is 2.55. The second kappa shape index (κ2) is 5.78. The first kappa shape index (κ1) is 16.6. The van der Waals surface area contributed by atoms with E-state index in [1.165, 1.54) is 4.90 Å². The SMILES string of the molecule is CC1CCCN(C(=O)C2CS(=O)(=O)CC2C(F)(F)F)CC1. The van der Waals surface area contributed by atoms with Gasteiger partial charge in [-0.3, -0.25) is 4.79 Å². The van der Waals surface area contributed by atoms with Crippen molar-refractivity contribution in [2.24, 2.45) is 17.8 Å². The van der Waals surface area contributed by atoms with Crippen LogP contribution < -0.4 is 0 Å². The van der Waals surface area contributed by atoms with Crippen LogP contribution in [0, 0.1) is 17.8 Å². The van der Waals surface area contributed by atoms with Gasteiger partial charge in [-0.1, -0.05) is 6.92 Å². The van der Waals surface area contributed by atoms with Gasteiger partial charge in [0.2, 0.25) is 5.91 Å². The molecule has 4 nitrogen and oxygen atoms in total. The molecule has 21 heavy (non-hydrogen) atoms. The number of hydrogen-bond donors (Lipinski definition) is 0. The van der Waals surface area contributed by atoms with Crippen LogP contribution in [0.3, 0.4) is 0 Å². The molecule has 2 fully saturated rings. The first-order valence-electron chi connectivity index (χ1n) is 7.16. The van der Waals surface area contributed by atoms with Gasteiger partial charge in [0.15, 0.2) is 9.84 Å². The molecule has 0 aliphatic carbocycles. The molecule has 0 aromatic carbocycles. The number of alkyl halides is 3. The van der Waals surface area contributed by atoms with Gasteiger partial charge in [0, 0.05) is 13.1 Å². The summed E-state index contributed by atoms with van der Waals surface area (Å²) in [6, 6.07) is 0. The second-order valence-corrected chi connectivity index (χ2v) is 8.35. The highest BCUT2D eigenvalue weighted by atomic mass is 32.2. The maximum atomic E-state index is 13.0. The lowest BCUT2D eigenvalue weighted by molar-refractivity contribution is -0.184. The summed E-state index contributed by atoms with van der Waals surface area (Å²) in [7, 11) is -3.80. The first-order valence-corrected chi connectivity index (χ1v) is 8.98. The van der Waals surface area contributed by atoms with Crippen molar-refractivity contribution < 1.29 is 26.4 Å². The Hall–Kier alpha value is -0.790. The molecule has 0 aromatic rings. The van der Waals surface area contributed by atoms with Gasteiger partial charge in [-0.15, -0.1) is 0 Å². The summed E-state index contributed by atoms with van der Waals surface area (Å²) in [4.78, 5) is 13.8. The Labute approximate surface area is 122 Å². The Bertz CT molecular complexity index is 503. The van der Waals surface area contributed by atoms with Crippen LogP contribution in [0.4, 0.5) is 13.2 Å². The summed E-state index contributed by atoms with van der Waals surface area (Å²) in [6.07, 6.45) is -2.20. The zero-order valence-corrected chi connectivity index (χ0v) is 12.7. The van der Waals surface area contributed by atoms with E-state index in [0.717, 1.165) is 19.3 Å². The Morgan fingerprint density at radius 2 is 1.81 bits per heavy atom.